The summed E-state index contributed by atoms with van der Waals surface area (Å²) < 4.78 is 18.7. The Bertz CT molecular complexity index is 542. The Morgan fingerprint density at radius 2 is 2.06 bits per heavy atom. The fraction of sp³-hybridized carbons (Fsp3) is 0.231. The molecule has 2 rings (SSSR count). The molecule has 0 aliphatic heterocycles. The SMILES string of the molecule is CCNC(c1ccc(Cl)o1)c1cc(F)ccc1Cl. The monoisotopic (exact) mass is 287 g/mol. The van der Waals surface area contributed by atoms with E-state index in [0.717, 1.165) is 0 Å². The fourth-order valence-corrected chi connectivity index (χ4v) is 2.17. The first kappa shape index (κ1) is 13.4. The van der Waals surface area contributed by atoms with Crippen molar-refractivity contribution in [2.45, 2.75) is 13.0 Å². The van der Waals surface area contributed by atoms with Crippen LogP contribution in [-0.4, -0.2) is 6.54 Å². The van der Waals surface area contributed by atoms with Crippen molar-refractivity contribution in [1.82, 2.24) is 5.32 Å². The maximum absolute atomic E-state index is 13.3. The van der Waals surface area contributed by atoms with Gasteiger partial charge in [0, 0.05) is 5.02 Å². The van der Waals surface area contributed by atoms with E-state index in [9.17, 15) is 4.39 Å². The third-order valence-corrected chi connectivity index (χ3v) is 3.10. The number of hydrogen-bond acceptors (Lipinski definition) is 2. The highest BCUT2D eigenvalue weighted by Gasteiger charge is 2.20. The van der Waals surface area contributed by atoms with Crippen molar-refractivity contribution in [2.24, 2.45) is 0 Å². The summed E-state index contributed by atoms with van der Waals surface area (Å²) in [4.78, 5) is 0. The Balaban J connectivity index is 2.44. The molecule has 0 radical (unpaired) electrons. The molecule has 0 aliphatic carbocycles. The normalized spacial score (nSPS) is 12.7. The standard InChI is InChI=1S/C13H12Cl2FNO/c1-2-17-13(11-5-6-12(15)18-11)9-7-8(16)3-4-10(9)14/h3-7,13,17H,2H2,1H3. The first-order valence-electron chi connectivity index (χ1n) is 5.55. The third-order valence-electron chi connectivity index (χ3n) is 2.56. The summed E-state index contributed by atoms with van der Waals surface area (Å²) >= 11 is 11.9. The minimum atomic E-state index is -0.338. The van der Waals surface area contributed by atoms with Crippen LogP contribution in [0.3, 0.4) is 0 Å². The highest BCUT2D eigenvalue weighted by Crippen LogP contribution is 2.31. The van der Waals surface area contributed by atoms with E-state index >= 15 is 0 Å². The molecule has 1 N–H and O–H groups in total. The van der Waals surface area contributed by atoms with Gasteiger partial charge in [0.25, 0.3) is 0 Å². The van der Waals surface area contributed by atoms with Crippen LogP contribution in [0.2, 0.25) is 10.2 Å². The smallest absolute Gasteiger partial charge is 0.193 e. The number of benzene rings is 1. The number of hydrogen-bond donors (Lipinski definition) is 1. The summed E-state index contributed by atoms with van der Waals surface area (Å²) in [7, 11) is 0. The second-order valence-electron chi connectivity index (χ2n) is 3.80. The molecule has 0 bridgehead atoms. The number of halogens is 3. The second-order valence-corrected chi connectivity index (χ2v) is 4.58. The van der Waals surface area contributed by atoms with Crippen LogP contribution >= 0.6 is 23.2 Å². The summed E-state index contributed by atoms with van der Waals surface area (Å²) in [5.41, 5.74) is 0.629. The van der Waals surface area contributed by atoms with Crippen LogP contribution in [0.15, 0.2) is 34.7 Å². The molecule has 0 amide bonds. The molecule has 0 saturated heterocycles. The van der Waals surface area contributed by atoms with Crippen LogP contribution in [0.25, 0.3) is 0 Å². The summed E-state index contributed by atoms with van der Waals surface area (Å²) in [5, 5.41) is 3.97. The predicted molar refractivity (Wildman–Crippen MR) is 70.6 cm³/mol. The quantitative estimate of drug-likeness (QED) is 0.900. The zero-order valence-corrected chi connectivity index (χ0v) is 11.2. The van der Waals surface area contributed by atoms with Gasteiger partial charge in [-0.3, -0.25) is 0 Å². The molecule has 0 spiro atoms. The molecule has 0 aliphatic rings. The van der Waals surface area contributed by atoms with E-state index in [1.165, 1.54) is 18.2 Å². The topological polar surface area (TPSA) is 25.2 Å². The first-order valence-corrected chi connectivity index (χ1v) is 6.31. The van der Waals surface area contributed by atoms with Crippen molar-refractivity contribution in [3.05, 3.63) is 57.7 Å². The van der Waals surface area contributed by atoms with Gasteiger partial charge in [0.15, 0.2) is 5.22 Å². The van der Waals surface area contributed by atoms with Gasteiger partial charge in [0.2, 0.25) is 0 Å². The molecule has 96 valence electrons. The van der Waals surface area contributed by atoms with Crippen LogP contribution < -0.4 is 5.32 Å². The molecule has 18 heavy (non-hydrogen) atoms. The molecule has 1 aromatic heterocycles. The van der Waals surface area contributed by atoms with Gasteiger partial charge in [0.1, 0.15) is 11.6 Å². The number of furan rings is 1. The molecule has 5 heteroatoms. The lowest BCUT2D eigenvalue weighted by Crippen LogP contribution is -2.22. The van der Waals surface area contributed by atoms with Crippen molar-refractivity contribution < 1.29 is 8.81 Å². The average molecular weight is 288 g/mol. The lowest BCUT2D eigenvalue weighted by molar-refractivity contribution is 0.452. The van der Waals surface area contributed by atoms with E-state index in [0.29, 0.717) is 28.1 Å². The van der Waals surface area contributed by atoms with Crippen molar-refractivity contribution in [1.29, 1.82) is 0 Å². The van der Waals surface area contributed by atoms with Gasteiger partial charge in [-0.1, -0.05) is 18.5 Å². The second kappa shape index (κ2) is 5.74. The minimum Gasteiger partial charge on any atom is -0.448 e. The van der Waals surface area contributed by atoms with E-state index in [1.807, 2.05) is 6.92 Å². The van der Waals surface area contributed by atoms with Crippen LogP contribution in [-0.2, 0) is 0 Å². The van der Waals surface area contributed by atoms with Gasteiger partial charge in [-0.25, -0.2) is 4.39 Å². The van der Waals surface area contributed by atoms with E-state index in [-0.39, 0.29) is 11.9 Å². The van der Waals surface area contributed by atoms with Crippen molar-refractivity contribution >= 4 is 23.2 Å². The molecule has 1 heterocycles. The zero-order valence-electron chi connectivity index (χ0n) is 9.71. The van der Waals surface area contributed by atoms with E-state index in [1.54, 1.807) is 12.1 Å². The predicted octanol–water partition coefficient (Wildman–Crippen LogP) is 4.42. The van der Waals surface area contributed by atoms with Gasteiger partial charge in [0.05, 0.1) is 6.04 Å². The average Bonchev–Trinajstić information content (AvgIpc) is 2.76. The molecule has 0 saturated carbocycles. The molecule has 1 aromatic carbocycles. The highest BCUT2D eigenvalue weighted by molar-refractivity contribution is 6.31. The summed E-state index contributed by atoms with van der Waals surface area (Å²) in [5.74, 6) is 0.268. The van der Waals surface area contributed by atoms with Crippen LogP contribution in [0.5, 0.6) is 0 Å². The molecule has 2 nitrogen and oxygen atoms in total. The van der Waals surface area contributed by atoms with E-state index < -0.39 is 0 Å². The Morgan fingerprint density at radius 3 is 2.67 bits per heavy atom. The van der Waals surface area contributed by atoms with E-state index in [2.05, 4.69) is 5.32 Å². The van der Waals surface area contributed by atoms with Crippen LogP contribution in [0, 0.1) is 5.82 Å². The van der Waals surface area contributed by atoms with Gasteiger partial charge < -0.3 is 9.73 Å². The summed E-state index contributed by atoms with van der Waals surface area (Å²) in [6.45, 7) is 2.64. The van der Waals surface area contributed by atoms with Crippen molar-refractivity contribution in [3.8, 4) is 0 Å². The fourth-order valence-electron chi connectivity index (χ4n) is 1.79. The minimum absolute atomic E-state index is 0.292. The van der Waals surface area contributed by atoms with Crippen molar-refractivity contribution in [3.63, 3.8) is 0 Å². The molecule has 1 unspecified atom stereocenters. The van der Waals surface area contributed by atoms with Gasteiger partial charge in [-0.05, 0) is 54.0 Å². The van der Waals surface area contributed by atoms with E-state index in [4.69, 9.17) is 27.6 Å². The zero-order chi connectivity index (χ0) is 13.1. The maximum Gasteiger partial charge on any atom is 0.193 e. The molecule has 0 fully saturated rings. The molecular formula is C13H12Cl2FNO. The Morgan fingerprint density at radius 1 is 1.28 bits per heavy atom. The lowest BCUT2D eigenvalue weighted by Gasteiger charge is -2.17. The van der Waals surface area contributed by atoms with Gasteiger partial charge in [-0.2, -0.15) is 0 Å². The molecule has 2 aromatic rings. The number of rotatable bonds is 4. The molecule has 1 atom stereocenters. The highest BCUT2D eigenvalue weighted by atomic mass is 35.5. The third kappa shape index (κ3) is 2.86. The largest absolute Gasteiger partial charge is 0.448 e. The van der Waals surface area contributed by atoms with Crippen molar-refractivity contribution in [2.75, 3.05) is 6.54 Å². The van der Waals surface area contributed by atoms with Gasteiger partial charge in [-0.15, -0.1) is 0 Å². The summed E-state index contributed by atoms with van der Waals surface area (Å²) in [6.07, 6.45) is 0. The number of nitrogens with one attached hydrogen (secondary N) is 1. The van der Waals surface area contributed by atoms with Crippen LogP contribution in [0.1, 0.15) is 24.3 Å². The summed E-state index contributed by atoms with van der Waals surface area (Å²) in [6, 6.07) is 7.33. The Hall–Kier alpha value is -1.03. The van der Waals surface area contributed by atoms with Gasteiger partial charge >= 0.3 is 0 Å². The molecular weight excluding hydrogens is 276 g/mol. The Labute approximate surface area is 115 Å². The lowest BCUT2D eigenvalue weighted by atomic mass is 10.0. The first-order chi connectivity index (χ1) is 8.61. The maximum atomic E-state index is 13.3. The van der Waals surface area contributed by atoms with Crippen LogP contribution in [0.4, 0.5) is 4.39 Å². The Kier molecular flexibility index (Phi) is 4.27.